The zero-order valence-corrected chi connectivity index (χ0v) is 10.9. The summed E-state index contributed by atoms with van der Waals surface area (Å²) in [5.74, 6) is -0.783. The van der Waals surface area contributed by atoms with Crippen LogP contribution in [0.3, 0.4) is 0 Å². The lowest BCUT2D eigenvalue weighted by molar-refractivity contribution is -0.138. The van der Waals surface area contributed by atoms with Crippen molar-refractivity contribution >= 4 is 5.97 Å². The van der Waals surface area contributed by atoms with Crippen molar-refractivity contribution in [3.05, 3.63) is 0 Å². The Balaban J connectivity index is 3.86. The summed E-state index contributed by atoms with van der Waals surface area (Å²) in [5.41, 5.74) is 5.42. The molecule has 0 aromatic rings. The first-order valence-corrected chi connectivity index (χ1v) is 5.83. The molecular formula is C12H25NO3. The fraction of sp³-hybridized carbons (Fsp3) is 0.917. The number of nitrogens with two attached hydrogens (primary N) is 1. The van der Waals surface area contributed by atoms with Gasteiger partial charge in [-0.1, -0.05) is 6.92 Å². The quantitative estimate of drug-likeness (QED) is 0.671. The smallest absolute Gasteiger partial charge is 0.303 e. The van der Waals surface area contributed by atoms with Gasteiger partial charge in [-0.3, -0.25) is 4.79 Å². The second-order valence-electron chi connectivity index (χ2n) is 5.26. The number of rotatable bonds is 8. The molecule has 0 spiro atoms. The van der Waals surface area contributed by atoms with Gasteiger partial charge < -0.3 is 15.6 Å². The molecule has 4 heteroatoms. The minimum absolute atomic E-state index is 0.140. The molecule has 0 aromatic carbocycles. The van der Waals surface area contributed by atoms with E-state index in [-0.39, 0.29) is 17.6 Å². The average molecular weight is 231 g/mol. The van der Waals surface area contributed by atoms with Crippen molar-refractivity contribution in [3.63, 3.8) is 0 Å². The van der Waals surface area contributed by atoms with Crippen LogP contribution in [0.15, 0.2) is 0 Å². The van der Waals surface area contributed by atoms with E-state index in [4.69, 9.17) is 15.6 Å². The second-order valence-corrected chi connectivity index (χ2v) is 5.26. The molecule has 16 heavy (non-hydrogen) atoms. The molecule has 0 aromatic heterocycles. The van der Waals surface area contributed by atoms with E-state index in [1.165, 1.54) is 0 Å². The fourth-order valence-electron chi connectivity index (χ4n) is 1.22. The predicted octanol–water partition coefficient (Wildman–Crippen LogP) is 2.16. The summed E-state index contributed by atoms with van der Waals surface area (Å²) < 4.78 is 5.67. The van der Waals surface area contributed by atoms with Crippen molar-refractivity contribution in [2.75, 3.05) is 6.61 Å². The molecule has 0 radical (unpaired) electrons. The van der Waals surface area contributed by atoms with Crippen LogP contribution in [0.25, 0.3) is 0 Å². The van der Waals surface area contributed by atoms with Crippen LogP contribution >= 0.6 is 0 Å². The van der Waals surface area contributed by atoms with Gasteiger partial charge in [-0.2, -0.15) is 0 Å². The van der Waals surface area contributed by atoms with Crippen LogP contribution in [0, 0.1) is 0 Å². The predicted molar refractivity (Wildman–Crippen MR) is 64.4 cm³/mol. The minimum atomic E-state index is -0.783. The molecule has 0 saturated heterocycles. The molecule has 0 amide bonds. The lowest BCUT2D eigenvalue weighted by Crippen LogP contribution is -2.38. The zero-order chi connectivity index (χ0) is 12.8. The highest BCUT2D eigenvalue weighted by molar-refractivity contribution is 5.66. The highest BCUT2D eigenvalue weighted by Gasteiger charge is 2.22. The van der Waals surface area contributed by atoms with Gasteiger partial charge in [0.25, 0.3) is 0 Å². The van der Waals surface area contributed by atoms with Crippen LogP contribution in [0.5, 0.6) is 0 Å². The number of carbonyl (C=O) groups is 1. The number of hydrogen-bond donors (Lipinski definition) is 2. The van der Waals surface area contributed by atoms with E-state index in [9.17, 15) is 4.79 Å². The largest absolute Gasteiger partial charge is 0.481 e. The summed E-state index contributed by atoms with van der Waals surface area (Å²) in [6.45, 7) is 8.45. The average Bonchev–Trinajstić information content (AvgIpc) is 2.14. The number of ether oxygens (including phenoxy) is 1. The first kappa shape index (κ1) is 15.4. The summed E-state index contributed by atoms with van der Waals surface area (Å²) >= 11 is 0. The molecular weight excluding hydrogens is 206 g/mol. The van der Waals surface area contributed by atoms with E-state index >= 15 is 0 Å². The first-order valence-electron chi connectivity index (χ1n) is 5.83. The molecule has 0 bridgehead atoms. The molecule has 0 rings (SSSR count). The Morgan fingerprint density at radius 3 is 2.31 bits per heavy atom. The Hall–Kier alpha value is -0.610. The molecule has 0 heterocycles. The van der Waals surface area contributed by atoms with E-state index in [2.05, 4.69) is 6.92 Å². The highest BCUT2D eigenvalue weighted by atomic mass is 16.5. The van der Waals surface area contributed by atoms with Crippen LogP contribution in [0.4, 0.5) is 0 Å². The Bertz CT molecular complexity index is 224. The molecule has 0 saturated carbocycles. The number of aliphatic carboxylic acids is 1. The second kappa shape index (κ2) is 6.21. The maximum absolute atomic E-state index is 10.4. The standard InChI is InChI=1S/C12H25NO3/c1-5-12(4,13)8-9-16-11(2,3)7-6-10(14)15/h5-9,13H2,1-4H3,(H,14,15). The molecule has 0 aliphatic rings. The van der Waals surface area contributed by atoms with Crippen molar-refractivity contribution in [1.29, 1.82) is 0 Å². The van der Waals surface area contributed by atoms with E-state index < -0.39 is 5.97 Å². The third kappa shape index (κ3) is 7.65. The van der Waals surface area contributed by atoms with E-state index in [0.29, 0.717) is 13.0 Å². The first-order chi connectivity index (χ1) is 7.18. The monoisotopic (exact) mass is 231 g/mol. The topological polar surface area (TPSA) is 72.5 Å². The van der Waals surface area contributed by atoms with Crippen molar-refractivity contribution in [1.82, 2.24) is 0 Å². The Kier molecular flexibility index (Phi) is 5.97. The van der Waals surface area contributed by atoms with Crippen molar-refractivity contribution in [3.8, 4) is 0 Å². The SMILES string of the molecule is CCC(C)(N)CCOC(C)(C)CCC(=O)O. The van der Waals surface area contributed by atoms with Crippen LogP contribution < -0.4 is 5.73 Å². The molecule has 1 unspecified atom stereocenters. The van der Waals surface area contributed by atoms with Gasteiger partial charge in [0, 0.05) is 18.6 Å². The Morgan fingerprint density at radius 2 is 1.88 bits per heavy atom. The molecule has 1 atom stereocenters. The Morgan fingerprint density at radius 1 is 1.31 bits per heavy atom. The molecule has 0 aliphatic heterocycles. The van der Waals surface area contributed by atoms with Crippen LogP contribution in [-0.2, 0) is 9.53 Å². The summed E-state index contributed by atoms with van der Waals surface area (Å²) in [7, 11) is 0. The van der Waals surface area contributed by atoms with Gasteiger partial charge in [0.15, 0.2) is 0 Å². The molecule has 0 fully saturated rings. The maximum Gasteiger partial charge on any atom is 0.303 e. The van der Waals surface area contributed by atoms with Gasteiger partial charge in [-0.25, -0.2) is 0 Å². The van der Waals surface area contributed by atoms with Gasteiger partial charge in [0.2, 0.25) is 0 Å². The summed E-state index contributed by atoms with van der Waals surface area (Å²) in [5, 5.41) is 8.59. The summed E-state index contributed by atoms with van der Waals surface area (Å²) in [4.78, 5) is 10.4. The molecule has 3 N–H and O–H groups in total. The zero-order valence-electron chi connectivity index (χ0n) is 10.9. The Labute approximate surface area is 98.2 Å². The van der Waals surface area contributed by atoms with E-state index in [1.807, 2.05) is 20.8 Å². The number of carboxylic acids is 1. The maximum atomic E-state index is 10.4. The fourth-order valence-corrected chi connectivity index (χ4v) is 1.22. The normalized spacial score (nSPS) is 15.8. The van der Waals surface area contributed by atoms with Gasteiger partial charge in [0.1, 0.15) is 0 Å². The molecule has 96 valence electrons. The number of hydrogen-bond acceptors (Lipinski definition) is 3. The van der Waals surface area contributed by atoms with E-state index in [1.54, 1.807) is 0 Å². The highest BCUT2D eigenvalue weighted by Crippen LogP contribution is 2.19. The van der Waals surface area contributed by atoms with Crippen molar-refractivity contribution in [2.24, 2.45) is 5.73 Å². The van der Waals surface area contributed by atoms with Crippen molar-refractivity contribution < 1.29 is 14.6 Å². The summed E-state index contributed by atoms with van der Waals surface area (Å²) in [6.07, 6.45) is 2.36. The van der Waals surface area contributed by atoms with Gasteiger partial charge >= 0.3 is 5.97 Å². The van der Waals surface area contributed by atoms with E-state index in [0.717, 1.165) is 12.8 Å². The van der Waals surface area contributed by atoms with Gasteiger partial charge in [0.05, 0.1) is 5.60 Å². The van der Waals surface area contributed by atoms with Crippen LogP contribution in [0.2, 0.25) is 0 Å². The lowest BCUT2D eigenvalue weighted by Gasteiger charge is -2.28. The van der Waals surface area contributed by atoms with Gasteiger partial charge in [-0.05, 0) is 40.0 Å². The van der Waals surface area contributed by atoms with Gasteiger partial charge in [-0.15, -0.1) is 0 Å². The van der Waals surface area contributed by atoms with Crippen LogP contribution in [-0.4, -0.2) is 28.8 Å². The minimum Gasteiger partial charge on any atom is -0.481 e. The third-order valence-electron chi connectivity index (χ3n) is 2.91. The van der Waals surface area contributed by atoms with Crippen molar-refractivity contribution in [2.45, 2.75) is 64.5 Å². The number of carboxylic acid groups (broad SMARTS) is 1. The summed E-state index contributed by atoms with van der Waals surface area (Å²) in [6, 6.07) is 0. The molecule has 0 aliphatic carbocycles. The van der Waals surface area contributed by atoms with Crippen LogP contribution in [0.1, 0.15) is 53.4 Å². The third-order valence-corrected chi connectivity index (χ3v) is 2.91. The lowest BCUT2D eigenvalue weighted by atomic mass is 9.96. The molecule has 4 nitrogen and oxygen atoms in total.